The Kier molecular flexibility index (Phi) is 7.88. The number of piperidine rings is 1. The van der Waals surface area contributed by atoms with Crippen molar-refractivity contribution in [2.24, 2.45) is 11.8 Å². The third-order valence-electron chi connectivity index (χ3n) is 5.30. The molecule has 142 valence electrons. The van der Waals surface area contributed by atoms with Crippen LogP contribution in [-0.2, 0) is 4.79 Å². The maximum Gasteiger partial charge on any atom is 0.220 e. The van der Waals surface area contributed by atoms with Crippen molar-refractivity contribution < 1.29 is 9.90 Å². The molecule has 3 atom stereocenters. The molecule has 1 heterocycles. The fourth-order valence-electron chi connectivity index (χ4n) is 3.64. The first-order valence-corrected chi connectivity index (χ1v) is 9.27. The van der Waals surface area contributed by atoms with Gasteiger partial charge in [-0.1, -0.05) is 43.3 Å². The molecule has 0 aliphatic carbocycles. The number of carbonyl (C=O) groups is 1. The summed E-state index contributed by atoms with van der Waals surface area (Å²) in [5.41, 5.74) is 0.837. The number of carbonyl (C=O) groups excluding carboxylic acids is 1. The van der Waals surface area contributed by atoms with Crippen molar-refractivity contribution in [2.75, 3.05) is 19.6 Å². The van der Waals surface area contributed by atoms with Crippen LogP contribution in [0.4, 0.5) is 0 Å². The molecule has 2 aromatic rings. The van der Waals surface area contributed by atoms with Crippen LogP contribution < -0.4 is 10.6 Å². The van der Waals surface area contributed by atoms with Gasteiger partial charge in [-0.25, -0.2) is 0 Å². The fourth-order valence-corrected chi connectivity index (χ4v) is 3.64. The molecule has 1 aliphatic heterocycles. The summed E-state index contributed by atoms with van der Waals surface area (Å²) in [6.45, 7) is 4.51. The number of nitrogens with one attached hydrogen (secondary N) is 2. The van der Waals surface area contributed by atoms with Gasteiger partial charge in [0, 0.05) is 13.0 Å². The topological polar surface area (TPSA) is 61.4 Å². The van der Waals surface area contributed by atoms with Crippen molar-refractivity contribution in [2.45, 2.75) is 32.3 Å². The van der Waals surface area contributed by atoms with Crippen LogP contribution in [0.15, 0.2) is 42.5 Å². The number of benzene rings is 2. The van der Waals surface area contributed by atoms with E-state index in [2.05, 4.69) is 23.6 Å². The van der Waals surface area contributed by atoms with Crippen LogP contribution >= 0.6 is 12.4 Å². The highest BCUT2D eigenvalue weighted by Crippen LogP contribution is 2.23. The zero-order valence-electron chi connectivity index (χ0n) is 15.3. The van der Waals surface area contributed by atoms with Crippen molar-refractivity contribution in [3.8, 4) is 0 Å². The Morgan fingerprint density at radius 1 is 1.27 bits per heavy atom. The minimum atomic E-state index is -0.680. The molecular weight excluding hydrogens is 348 g/mol. The molecule has 4 nitrogen and oxygen atoms in total. The lowest BCUT2D eigenvalue weighted by molar-refractivity contribution is -0.122. The van der Waals surface area contributed by atoms with E-state index >= 15 is 0 Å². The molecule has 3 N–H and O–H groups in total. The number of rotatable bonds is 6. The number of amides is 1. The Hall–Kier alpha value is -1.62. The van der Waals surface area contributed by atoms with Crippen LogP contribution in [0.1, 0.15) is 37.9 Å². The summed E-state index contributed by atoms with van der Waals surface area (Å²) in [6.07, 6.45) is 2.23. The van der Waals surface area contributed by atoms with Gasteiger partial charge in [-0.15, -0.1) is 12.4 Å². The monoisotopic (exact) mass is 376 g/mol. The van der Waals surface area contributed by atoms with Crippen LogP contribution in [0.2, 0.25) is 0 Å². The lowest BCUT2D eigenvalue weighted by Gasteiger charge is -2.28. The van der Waals surface area contributed by atoms with Crippen LogP contribution in [-0.4, -0.2) is 30.6 Å². The van der Waals surface area contributed by atoms with E-state index in [-0.39, 0.29) is 24.9 Å². The SMILES string of the molecule is CC(CC(=O)NCC(O)c1ccc2ccccc2c1)C1CCCNC1.Cl. The maximum atomic E-state index is 12.2. The van der Waals surface area contributed by atoms with Gasteiger partial charge in [-0.3, -0.25) is 4.79 Å². The van der Waals surface area contributed by atoms with E-state index < -0.39 is 6.10 Å². The van der Waals surface area contributed by atoms with E-state index in [1.807, 2.05) is 36.4 Å². The molecule has 0 spiro atoms. The van der Waals surface area contributed by atoms with Gasteiger partial charge in [-0.2, -0.15) is 0 Å². The van der Waals surface area contributed by atoms with E-state index in [4.69, 9.17) is 0 Å². The molecule has 0 bridgehead atoms. The molecule has 0 radical (unpaired) electrons. The highest BCUT2D eigenvalue weighted by molar-refractivity contribution is 5.85. The minimum absolute atomic E-state index is 0. The summed E-state index contributed by atoms with van der Waals surface area (Å²) >= 11 is 0. The quantitative estimate of drug-likeness (QED) is 0.723. The normalized spacial score (nSPS) is 19.4. The van der Waals surface area contributed by atoms with Crippen LogP contribution in [0, 0.1) is 11.8 Å². The number of hydrogen-bond donors (Lipinski definition) is 3. The number of aliphatic hydroxyl groups excluding tert-OH is 1. The van der Waals surface area contributed by atoms with Crippen molar-refractivity contribution in [1.82, 2.24) is 10.6 Å². The molecule has 1 aliphatic rings. The van der Waals surface area contributed by atoms with Crippen LogP contribution in [0.5, 0.6) is 0 Å². The second-order valence-corrected chi connectivity index (χ2v) is 7.21. The smallest absolute Gasteiger partial charge is 0.220 e. The second-order valence-electron chi connectivity index (χ2n) is 7.21. The molecule has 5 heteroatoms. The van der Waals surface area contributed by atoms with Crippen LogP contribution in [0.25, 0.3) is 10.8 Å². The molecule has 3 rings (SSSR count). The van der Waals surface area contributed by atoms with Gasteiger partial charge in [0.05, 0.1) is 6.10 Å². The number of halogens is 1. The standard InChI is InChI=1S/C21H28N2O2.ClH/c1-15(19-7-4-10-22-13-19)11-21(25)23-14-20(24)18-9-8-16-5-2-3-6-17(16)12-18;/h2-3,5-6,8-9,12,15,19-20,22,24H,4,7,10-11,13-14H2,1H3,(H,23,25);1H. The van der Waals surface area contributed by atoms with Crippen molar-refractivity contribution in [1.29, 1.82) is 0 Å². The van der Waals surface area contributed by atoms with Gasteiger partial charge in [0.25, 0.3) is 0 Å². The molecule has 3 unspecified atom stereocenters. The van der Waals surface area contributed by atoms with Gasteiger partial charge in [0.1, 0.15) is 0 Å². The maximum absolute atomic E-state index is 12.2. The van der Waals surface area contributed by atoms with Gasteiger partial charge in [0.2, 0.25) is 5.91 Å². The number of fused-ring (bicyclic) bond motifs is 1. The van der Waals surface area contributed by atoms with Crippen molar-refractivity contribution in [3.63, 3.8) is 0 Å². The summed E-state index contributed by atoms with van der Waals surface area (Å²) in [7, 11) is 0. The van der Waals surface area contributed by atoms with Gasteiger partial charge in [-0.05, 0) is 60.2 Å². The Balaban J connectivity index is 0.00000243. The molecule has 26 heavy (non-hydrogen) atoms. The predicted molar refractivity (Wildman–Crippen MR) is 109 cm³/mol. The summed E-state index contributed by atoms with van der Waals surface area (Å²) in [4.78, 5) is 12.2. The van der Waals surface area contributed by atoms with E-state index in [9.17, 15) is 9.90 Å². The predicted octanol–water partition coefficient (Wildman–Crippen LogP) is 3.44. The second kappa shape index (κ2) is 9.91. The first-order valence-electron chi connectivity index (χ1n) is 9.27. The number of hydrogen-bond acceptors (Lipinski definition) is 3. The Labute approximate surface area is 161 Å². The van der Waals surface area contributed by atoms with E-state index in [0.717, 1.165) is 29.4 Å². The molecule has 1 amide bonds. The first kappa shape index (κ1) is 20.7. The first-order chi connectivity index (χ1) is 12.1. The Morgan fingerprint density at radius 3 is 2.77 bits per heavy atom. The third-order valence-corrected chi connectivity index (χ3v) is 5.30. The summed E-state index contributed by atoms with van der Waals surface area (Å²) < 4.78 is 0. The highest BCUT2D eigenvalue weighted by Gasteiger charge is 2.22. The highest BCUT2D eigenvalue weighted by atomic mass is 35.5. The third kappa shape index (κ3) is 5.44. The Bertz CT molecular complexity index is 716. The zero-order valence-corrected chi connectivity index (χ0v) is 16.1. The van der Waals surface area contributed by atoms with Gasteiger partial charge >= 0.3 is 0 Å². The summed E-state index contributed by atoms with van der Waals surface area (Å²) in [5.74, 6) is 0.966. The summed E-state index contributed by atoms with van der Waals surface area (Å²) in [6, 6.07) is 14.0. The van der Waals surface area contributed by atoms with Gasteiger partial charge < -0.3 is 15.7 Å². The lowest BCUT2D eigenvalue weighted by Crippen LogP contribution is -2.36. The Morgan fingerprint density at radius 2 is 2.04 bits per heavy atom. The number of aliphatic hydroxyl groups is 1. The van der Waals surface area contributed by atoms with E-state index in [1.165, 1.54) is 12.8 Å². The largest absolute Gasteiger partial charge is 0.387 e. The average molecular weight is 377 g/mol. The molecule has 1 fully saturated rings. The molecule has 2 aromatic carbocycles. The van der Waals surface area contributed by atoms with E-state index in [0.29, 0.717) is 18.3 Å². The van der Waals surface area contributed by atoms with Gasteiger partial charge in [0.15, 0.2) is 0 Å². The molecule has 1 saturated heterocycles. The fraction of sp³-hybridized carbons (Fsp3) is 0.476. The average Bonchev–Trinajstić information content (AvgIpc) is 2.66. The summed E-state index contributed by atoms with van der Waals surface area (Å²) in [5, 5.41) is 18.9. The lowest BCUT2D eigenvalue weighted by atomic mass is 9.85. The molecule has 0 aromatic heterocycles. The minimum Gasteiger partial charge on any atom is -0.387 e. The molecular formula is C21H29ClN2O2. The van der Waals surface area contributed by atoms with Crippen LogP contribution in [0.3, 0.4) is 0 Å². The zero-order chi connectivity index (χ0) is 17.6. The van der Waals surface area contributed by atoms with Crippen molar-refractivity contribution >= 4 is 29.1 Å². The molecule has 0 saturated carbocycles. The van der Waals surface area contributed by atoms with Crippen molar-refractivity contribution in [3.05, 3.63) is 48.0 Å². The van der Waals surface area contributed by atoms with E-state index in [1.54, 1.807) is 0 Å².